The zero-order valence-corrected chi connectivity index (χ0v) is 8.17. The summed E-state index contributed by atoms with van der Waals surface area (Å²) >= 11 is 0. The molecule has 4 atom stereocenters. The molecule has 2 saturated carbocycles. The van der Waals surface area contributed by atoms with E-state index in [4.69, 9.17) is 4.84 Å². The summed E-state index contributed by atoms with van der Waals surface area (Å²) in [5, 5.41) is 0. The van der Waals surface area contributed by atoms with Crippen LogP contribution in [0.3, 0.4) is 0 Å². The highest BCUT2D eigenvalue weighted by Crippen LogP contribution is 2.45. The van der Waals surface area contributed by atoms with Gasteiger partial charge < -0.3 is 0 Å². The summed E-state index contributed by atoms with van der Waals surface area (Å²) in [5.74, 6) is 2.83. The van der Waals surface area contributed by atoms with E-state index in [9.17, 15) is 0 Å². The average molecular weight is 181 g/mol. The molecule has 1 N–H and O–H groups in total. The fourth-order valence-corrected chi connectivity index (χ4v) is 3.77. The maximum absolute atomic E-state index is 5.67. The molecule has 0 spiro atoms. The van der Waals surface area contributed by atoms with Crippen molar-refractivity contribution in [2.75, 3.05) is 6.54 Å². The molecule has 74 valence electrons. The van der Waals surface area contributed by atoms with Crippen molar-refractivity contribution < 1.29 is 4.84 Å². The number of hydroxylamine groups is 1. The molecule has 2 heteroatoms. The summed E-state index contributed by atoms with van der Waals surface area (Å²) in [6.45, 7) is 1.11. The topological polar surface area (TPSA) is 21.3 Å². The number of hydrogen-bond acceptors (Lipinski definition) is 2. The third-order valence-corrected chi connectivity index (χ3v) is 4.31. The molecule has 2 nitrogen and oxygen atoms in total. The van der Waals surface area contributed by atoms with Gasteiger partial charge in [0, 0.05) is 6.54 Å². The first-order chi connectivity index (χ1) is 6.45. The molecule has 3 aliphatic rings. The van der Waals surface area contributed by atoms with Crippen LogP contribution in [0.5, 0.6) is 0 Å². The third-order valence-electron chi connectivity index (χ3n) is 4.31. The van der Waals surface area contributed by atoms with Crippen LogP contribution in [0.25, 0.3) is 0 Å². The van der Waals surface area contributed by atoms with Gasteiger partial charge in [0.1, 0.15) is 0 Å². The van der Waals surface area contributed by atoms with Gasteiger partial charge in [-0.25, -0.2) is 5.48 Å². The average Bonchev–Trinajstić information content (AvgIpc) is 2.19. The van der Waals surface area contributed by atoms with E-state index in [1.165, 1.54) is 38.5 Å². The minimum absolute atomic E-state index is 0.554. The number of hydrogen-bond donors (Lipinski definition) is 1. The van der Waals surface area contributed by atoms with Crippen LogP contribution in [0.1, 0.15) is 38.5 Å². The van der Waals surface area contributed by atoms with Gasteiger partial charge in [0.15, 0.2) is 0 Å². The van der Waals surface area contributed by atoms with Crippen molar-refractivity contribution in [2.45, 2.75) is 44.6 Å². The lowest BCUT2D eigenvalue weighted by Gasteiger charge is -2.48. The maximum Gasteiger partial charge on any atom is 0.0824 e. The summed E-state index contributed by atoms with van der Waals surface area (Å²) in [4.78, 5) is 5.67. The Hall–Kier alpha value is -0.0800. The Bertz CT molecular complexity index is 149. The SMILES string of the molecule is C1CC2CCCC3ONCC(C1)C23. The van der Waals surface area contributed by atoms with Crippen LogP contribution < -0.4 is 5.48 Å². The summed E-state index contributed by atoms with van der Waals surface area (Å²) < 4.78 is 0. The van der Waals surface area contributed by atoms with Crippen molar-refractivity contribution in [1.29, 1.82) is 0 Å². The molecule has 1 aliphatic heterocycles. The molecule has 0 aromatic heterocycles. The Kier molecular flexibility index (Phi) is 2.06. The predicted molar refractivity (Wildman–Crippen MR) is 51.0 cm³/mol. The monoisotopic (exact) mass is 181 g/mol. The normalized spacial score (nSPS) is 49.8. The molecule has 0 amide bonds. The van der Waals surface area contributed by atoms with Crippen LogP contribution >= 0.6 is 0 Å². The molecule has 1 heterocycles. The van der Waals surface area contributed by atoms with Crippen LogP contribution in [-0.4, -0.2) is 12.6 Å². The van der Waals surface area contributed by atoms with Gasteiger partial charge in [-0.05, 0) is 37.0 Å². The van der Waals surface area contributed by atoms with E-state index in [1.807, 2.05) is 0 Å². The zero-order chi connectivity index (χ0) is 8.67. The van der Waals surface area contributed by atoms with Crippen molar-refractivity contribution in [3.05, 3.63) is 0 Å². The second-order valence-corrected chi connectivity index (χ2v) is 4.96. The number of nitrogens with one attached hydrogen (secondary N) is 1. The summed E-state index contributed by atoms with van der Waals surface area (Å²) in [6, 6.07) is 0. The van der Waals surface area contributed by atoms with Gasteiger partial charge in [0.2, 0.25) is 0 Å². The molecular formula is C11H19NO. The zero-order valence-electron chi connectivity index (χ0n) is 8.17. The van der Waals surface area contributed by atoms with Crippen LogP contribution in [0.2, 0.25) is 0 Å². The first-order valence-corrected chi connectivity index (χ1v) is 5.83. The van der Waals surface area contributed by atoms with Gasteiger partial charge in [-0.1, -0.05) is 19.3 Å². The lowest BCUT2D eigenvalue weighted by molar-refractivity contribution is -0.155. The van der Waals surface area contributed by atoms with Crippen molar-refractivity contribution in [1.82, 2.24) is 5.48 Å². The van der Waals surface area contributed by atoms with Gasteiger partial charge in [-0.15, -0.1) is 0 Å². The van der Waals surface area contributed by atoms with Crippen molar-refractivity contribution in [2.24, 2.45) is 17.8 Å². The second-order valence-electron chi connectivity index (χ2n) is 4.96. The standard InChI is InChI=1S/C11H19NO/c1-3-8-4-2-6-10-11(8)9(5-1)7-12-13-10/h8-12H,1-7H2. The smallest absolute Gasteiger partial charge is 0.0824 e. The predicted octanol–water partition coefficient (Wildman–Crippen LogP) is 2.11. The van der Waals surface area contributed by atoms with Gasteiger partial charge in [-0.3, -0.25) is 4.84 Å². The molecular weight excluding hydrogens is 162 g/mol. The molecule has 1 saturated heterocycles. The minimum atomic E-state index is 0.554. The van der Waals surface area contributed by atoms with E-state index >= 15 is 0 Å². The van der Waals surface area contributed by atoms with Crippen molar-refractivity contribution in [3.63, 3.8) is 0 Å². The largest absolute Gasteiger partial charge is 0.298 e. The van der Waals surface area contributed by atoms with Crippen molar-refractivity contribution >= 4 is 0 Å². The highest BCUT2D eigenvalue weighted by molar-refractivity contribution is 4.92. The number of rotatable bonds is 0. The van der Waals surface area contributed by atoms with Gasteiger partial charge in [-0.2, -0.15) is 0 Å². The molecule has 3 rings (SSSR count). The molecule has 3 fully saturated rings. The van der Waals surface area contributed by atoms with E-state index in [0.29, 0.717) is 6.10 Å². The molecule has 2 aliphatic carbocycles. The Morgan fingerprint density at radius 2 is 1.69 bits per heavy atom. The van der Waals surface area contributed by atoms with Crippen LogP contribution in [-0.2, 0) is 4.84 Å². The molecule has 13 heavy (non-hydrogen) atoms. The van der Waals surface area contributed by atoms with E-state index in [-0.39, 0.29) is 0 Å². The lowest BCUT2D eigenvalue weighted by Crippen LogP contribution is -2.51. The summed E-state index contributed by atoms with van der Waals surface area (Å²) in [6.07, 6.45) is 9.08. The lowest BCUT2D eigenvalue weighted by atomic mass is 9.64. The Balaban J connectivity index is 1.82. The summed E-state index contributed by atoms with van der Waals surface area (Å²) in [7, 11) is 0. The maximum atomic E-state index is 5.67. The third kappa shape index (κ3) is 1.31. The Morgan fingerprint density at radius 3 is 2.62 bits per heavy atom. The Morgan fingerprint density at radius 1 is 0.923 bits per heavy atom. The van der Waals surface area contributed by atoms with E-state index < -0.39 is 0 Å². The fourth-order valence-electron chi connectivity index (χ4n) is 3.77. The van der Waals surface area contributed by atoms with Crippen LogP contribution in [0.4, 0.5) is 0 Å². The van der Waals surface area contributed by atoms with Gasteiger partial charge >= 0.3 is 0 Å². The molecule has 4 unspecified atom stereocenters. The van der Waals surface area contributed by atoms with E-state index in [2.05, 4.69) is 5.48 Å². The fraction of sp³-hybridized carbons (Fsp3) is 1.00. The quantitative estimate of drug-likeness (QED) is 0.618. The molecule has 0 aromatic carbocycles. The van der Waals surface area contributed by atoms with Gasteiger partial charge in [0.25, 0.3) is 0 Å². The Labute approximate surface area is 80.0 Å². The summed E-state index contributed by atoms with van der Waals surface area (Å²) in [5.41, 5.74) is 3.14. The highest BCUT2D eigenvalue weighted by atomic mass is 16.7. The first-order valence-electron chi connectivity index (χ1n) is 5.83. The first kappa shape index (κ1) is 8.25. The second kappa shape index (κ2) is 3.25. The van der Waals surface area contributed by atoms with E-state index in [1.54, 1.807) is 0 Å². The molecule has 0 bridgehead atoms. The molecule has 0 aromatic rings. The van der Waals surface area contributed by atoms with Crippen LogP contribution in [0.15, 0.2) is 0 Å². The van der Waals surface area contributed by atoms with Crippen molar-refractivity contribution in [3.8, 4) is 0 Å². The molecule has 0 radical (unpaired) electrons. The highest BCUT2D eigenvalue weighted by Gasteiger charge is 2.43. The van der Waals surface area contributed by atoms with E-state index in [0.717, 1.165) is 24.3 Å². The minimum Gasteiger partial charge on any atom is -0.298 e. The van der Waals surface area contributed by atoms with Crippen LogP contribution in [0, 0.1) is 17.8 Å². The van der Waals surface area contributed by atoms with Gasteiger partial charge in [0.05, 0.1) is 6.10 Å².